The fraction of sp³-hybridized carbons (Fsp3) is 0.889. The molecule has 0 aromatic rings. The van der Waals surface area contributed by atoms with Gasteiger partial charge in [-0.25, -0.2) is 0 Å². The van der Waals surface area contributed by atoms with Crippen molar-refractivity contribution in [2.24, 2.45) is 17.8 Å². The summed E-state index contributed by atoms with van der Waals surface area (Å²) in [6.45, 7) is 14.0. The summed E-state index contributed by atoms with van der Waals surface area (Å²) in [5, 5.41) is 11.0. The molecule has 2 heteroatoms. The van der Waals surface area contributed by atoms with E-state index in [4.69, 9.17) is 0 Å². The van der Waals surface area contributed by atoms with Crippen molar-refractivity contribution in [2.45, 2.75) is 65.9 Å². The van der Waals surface area contributed by atoms with Crippen molar-refractivity contribution in [3.05, 3.63) is 0 Å². The number of aliphatic hydroxyl groups is 1. The maximum atomic E-state index is 11.0. The Morgan fingerprint density at radius 1 is 1.20 bits per heavy atom. The predicted molar refractivity (Wildman–Crippen MR) is 86.5 cm³/mol. The second kappa shape index (κ2) is 8.05. The topological polar surface area (TPSA) is 23.5 Å². The summed E-state index contributed by atoms with van der Waals surface area (Å²) in [6, 6.07) is 0. The van der Waals surface area contributed by atoms with Crippen LogP contribution in [-0.2, 0) is 0 Å². The molecule has 2 nitrogen and oxygen atoms in total. The average Bonchev–Trinajstić information content (AvgIpc) is 2.38. The van der Waals surface area contributed by atoms with E-state index in [1.54, 1.807) is 0 Å². The van der Waals surface area contributed by atoms with Gasteiger partial charge in [-0.1, -0.05) is 52.9 Å². The van der Waals surface area contributed by atoms with Gasteiger partial charge < -0.3 is 5.11 Å². The standard InChI is InChI=1S/C18H33NO/c1-6-19(7-2)13-9-8-12-18(20)14-16(5)10-11-17(18)15(3)4/h15-17,20H,6-7,10-14H2,1-5H3/t16-,17+,18+/m1/s1. The maximum absolute atomic E-state index is 11.0. The Morgan fingerprint density at radius 2 is 1.85 bits per heavy atom. The Hall–Kier alpha value is -0.520. The van der Waals surface area contributed by atoms with Gasteiger partial charge in [-0.2, -0.15) is 0 Å². The van der Waals surface area contributed by atoms with E-state index < -0.39 is 5.60 Å². The highest BCUT2D eigenvalue weighted by Crippen LogP contribution is 2.42. The molecule has 1 N–H and O–H groups in total. The van der Waals surface area contributed by atoms with E-state index in [0.29, 0.717) is 24.2 Å². The molecule has 0 saturated heterocycles. The van der Waals surface area contributed by atoms with Crippen molar-refractivity contribution >= 4 is 0 Å². The third-order valence-corrected chi connectivity index (χ3v) is 4.88. The molecule has 0 aromatic carbocycles. The highest BCUT2D eigenvalue weighted by Gasteiger charge is 2.41. The van der Waals surface area contributed by atoms with Crippen molar-refractivity contribution in [3.8, 4) is 11.8 Å². The summed E-state index contributed by atoms with van der Waals surface area (Å²) in [5.74, 6) is 8.08. The van der Waals surface area contributed by atoms with Crippen LogP contribution in [0.25, 0.3) is 0 Å². The Bertz CT molecular complexity index is 337. The van der Waals surface area contributed by atoms with Gasteiger partial charge in [-0.15, -0.1) is 0 Å². The lowest BCUT2D eigenvalue weighted by molar-refractivity contribution is -0.0760. The molecule has 1 aliphatic rings. The first kappa shape index (κ1) is 17.5. The molecule has 0 aliphatic heterocycles. The van der Waals surface area contributed by atoms with Gasteiger partial charge in [0, 0.05) is 6.42 Å². The minimum atomic E-state index is -0.567. The van der Waals surface area contributed by atoms with Gasteiger partial charge in [0.15, 0.2) is 0 Å². The summed E-state index contributed by atoms with van der Waals surface area (Å²) < 4.78 is 0. The van der Waals surface area contributed by atoms with Crippen LogP contribution < -0.4 is 0 Å². The molecule has 0 spiro atoms. The predicted octanol–water partition coefficient (Wildman–Crippen LogP) is 3.55. The van der Waals surface area contributed by atoms with Crippen molar-refractivity contribution in [3.63, 3.8) is 0 Å². The first-order valence-corrected chi connectivity index (χ1v) is 8.33. The fourth-order valence-corrected chi connectivity index (χ4v) is 3.58. The lowest BCUT2D eigenvalue weighted by Crippen LogP contribution is -2.45. The van der Waals surface area contributed by atoms with Crippen molar-refractivity contribution in [1.82, 2.24) is 4.90 Å². The van der Waals surface area contributed by atoms with Gasteiger partial charge in [0.2, 0.25) is 0 Å². The monoisotopic (exact) mass is 279 g/mol. The van der Waals surface area contributed by atoms with Crippen molar-refractivity contribution < 1.29 is 5.11 Å². The van der Waals surface area contributed by atoms with E-state index in [1.165, 1.54) is 6.42 Å². The van der Waals surface area contributed by atoms with E-state index >= 15 is 0 Å². The molecule has 1 aliphatic carbocycles. The average molecular weight is 279 g/mol. The summed E-state index contributed by atoms with van der Waals surface area (Å²) in [4.78, 5) is 2.31. The van der Waals surface area contributed by atoms with Crippen LogP contribution >= 0.6 is 0 Å². The third kappa shape index (κ3) is 4.79. The van der Waals surface area contributed by atoms with Crippen LogP contribution in [0.2, 0.25) is 0 Å². The molecule has 0 aromatic heterocycles. The summed E-state index contributed by atoms with van der Waals surface area (Å²) >= 11 is 0. The van der Waals surface area contributed by atoms with E-state index in [-0.39, 0.29) is 0 Å². The smallest absolute Gasteiger partial charge is 0.0789 e. The van der Waals surface area contributed by atoms with Crippen LogP contribution in [0.15, 0.2) is 0 Å². The number of hydrogen-bond donors (Lipinski definition) is 1. The van der Waals surface area contributed by atoms with Crippen LogP contribution in [0.3, 0.4) is 0 Å². The van der Waals surface area contributed by atoms with Crippen LogP contribution in [0.1, 0.15) is 60.3 Å². The van der Waals surface area contributed by atoms with E-state index in [2.05, 4.69) is 51.4 Å². The lowest BCUT2D eigenvalue weighted by atomic mass is 9.66. The molecule has 0 bridgehead atoms. The Labute approximate surface area is 125 Å². The maximum Gasteiger partial charge on any atom is 0.0789 e. The molecule has 0 heterocycles. The Morgan fingerprint density at radius 3 is 2.40 bits per heavy atom. The molecule has 1 rings (SSSR count). The molecule has 20 heavy (non-hydrogen) atoms. The largest absolute Gasteiger partial charge is 0.389 e. The minimum Gasteiger partial charge on any atom is -0.389 e. The van der Waals surface area contributed by atoms with Crippen LogP contribution in [-0.4, -0.2) is 35.2 Å². The van der Waals surface area contributed by atoms with E-state index in [9.17, 15) is 5.11 Å². The molecule has 0 amide bonds. The summed E-state index contributed by atoms with van der Waals surface area (Å²) in [5.41, 5.74) is -0.567. The zero-order valence-electron chi connectivity index (χ0n) is 14.1. The second-order valence-electron chi connectivity index (χ2n) is 6.83. The summed E-state index contributed by atoms with van der Waals surface area (Å²) in [7, 11) is 0. The first-order chi connectivity index (χ1) is 9.42. The van der Waals surface area contributed by atoms with Gasteiger partial charge >= 0.3 is 0 Å². The van der Waals surface area contributed by atoms with Gasteiger partial charge in [-0.3, -0.25) is 4.90 Å². The Kier molecular flexibility index (Phi) is 7.06. The Balaban J connectivity index is 2.63. The molecule has 1 fully saturated rings. The molecular weight excluding hydrogens is 246 g/mol. The van der Waals surface area contributed by atoms with E-state index in [1.807, 2.05) is 0 Å². The second-order valence-corrected chi connectivity index (χ2v) is 6.83. The SMILES string of the molecule is CCN(CC)CC#CC[C@]1(O)C[C@H](C)CC[C@H]1C(C)C. The first-order valence-electron chi connectivity index (χ1n) is 8.33. The molecule has 116 valence electrons. The van der Waals surface area contributed by atoms with Gasteiger partial charge in [0.05, 0.1) is 12.1 Å². The zero-order chi connectivity index (χ0) is 15.2. The minimum absolute atomic E-state index is 0.404. The van der Waals surface area contributed by atoms with Gasteiger partial charge in [0.25, 0.3) is 0 Å². The lowest BCUT2D eigenvalue weighted by Gasteiger charge is -2.43. The third-order valence-electron chi connectivity index (χ3n) is 4.88. The quantitative estimate of drug-likeness (QED) is 0.778. The molecule has 0 unspecified atom stereocenters. The zero-order valence-corrected chi connectivity index (χ0v) is 14.1. The molecule has 1 saturated carbocycles. The van der Waals surface area contributed by atoms with Crippen LogP contribution in [0.4, 0.5) is 0 Å². The fourth-order valence-electron chi connectivity index (χ4n) is 3.58. The van der Waals surface area contributed by atoms with Crippen molar-refractivity contribution in [2.75, 3.05) is 19.6 Å². The van der Waals surface area contributed by atoms with Gasteiger partial charge in [-0.05, 0) is 43.7 Å². The normalized spacial score (nSPS) is 30.4. The number of nitrogens with zero attached hydrogens (tertiary/aromatic N) is 1. The highest BCUT2D eigenvalue weighted by atomic mass is 16.3. The van der Waals surface area contributed by atoms with Crippen molar-refractivity contribution in [1.29, 1.82) is 0 Å². The number of rotatable bonds is 5. The highest BCUT2D eigenvalue weighted by molar-refractivity contribution is 5.08. The van der Waals surface area contributed by atoms with Crippen LogP contribution in [0.5, 0.6) is 0 Å². The summed E-state index contributed by atoms with van der Waals surface area (Å²) in [6.07, 6.45) is 3.95. The molecule has 3 atom stereocenters. The van der Waals surface area contributed by atoms with Gasteiger partial charge in [0.1, 0.15) is 0 Å². The molecular formula is C18H33NO. The number of hydrogen-bond acceptors (Lipinski definition) is 2. The van der Waals surface area contributed by atoms with Crippen LogP contribution in [0, 0.1) is 29.6 Å². The van der Waals surface area contributed by atoms with E-state index in [0.717, 1.165) is 32.5 Å². The molecule has 0 radical (unpaired) electrons.